The first-order valence-corrected chi connectivity index (χ1v) is 6.56. The topological polar surface area (TPSA) is 89.3 Å². The highest BCUT2D eigenvalue weighted by Crippen LogP contribution is 2.16. The summed E-state index contributed by atoms with van der Waals surface area (Å²) >= 11 is 0. The zero-order valence-electron chi connectivity index (χ0n) is 9.23. The molecule has 0 aliphatic rings. The molecule has 0 fully saturated rings. The molecule has 1 aromatic rings. The van der Waals surface area contributed by atoms with Gasteiger partial charge in [0.2, 0.25) is 0 Å². The Morgan fingerprint density at radius 2 is 2.12 bits per heavy atom. The molecule has 17 heavy (non-hydrogen) atoms. The van der Waals surface area contributed by atoms with Crippen LogP contribution in [-0.4, -0.2) is 27.1 Å². The fourth-order valence-electron chi connectivity index (χ4n) is 1.20. The molecule has 1 aromatic carbocycles. The lowest BCUT2D eigenvalue weighted by Gasteiger charge is -2.06. The second kappa shape index (κ2) is 4.89. The van der Waals surface area contributed by atoms with Gasteiger partial charge in [-0.05, 0) is 18.2 Å². The molecule has 0 aromatic heterocycles. The second-order valence-electron chi connectivity index (χ2n) is 3.45. The zero-order chi connectivity index (χ0) is 13.1. The Bertz CT molecular complexity index is 585. The first-order valence-electron chi connectivity index (χ1n) is 4.67. The van der Waals surface area contributed by atoms with Crippen molar-refractivity contribution >= 4 is 21.4 Å². The van der Waals surface area contributed by atoms with Gasteiger partial charge in [-0.1, -0.05) is 5.92 Å². The molecular weight excluding hydrogens is 240 g/mol. The van der Waals surface area contributed by atoms with Gasteiger partial charge in [0.05, 0.1) is 11.4 Å². The average molecular weight is 252 g/mol. The van der Waals surface area contributed by atoms with Gasteiger partial charge in [0.1, 0.15) is 0 Å². The van der Waals surface area contributed by atoms with E-state index in [1.54, 1.807) is 0 Å². The maximum Gasteiger partial charge on any atom is 0.252 e. The Kier molecular flexibility index (Phi) is 3.76. The van der Waals surface area contributed by atoms with Crippen molar-refractivity contribution in [1.29, 1.82) is 0 Å². The molecule has 0 atom stereocenters. The van der Waals surface area contributed by atoms with Crippen LogP contribution in [0.15, 0.2) is 23.1 Å². The van der Waals surface area contributed by atoms with Crippen LogP contribution >= 0.6 is 0 Å². The standard InChI is InChI=1S/C11H12N2O3S/c1-3-4-13-11(14)8-5-9(12)7-10(6-8)17(2,15)16/h1,5-7H,4,12H2,2H3,(H,13,14). The van der Waals surface area contributed by atoms with Crippen LogP contribution in [-0.2, 0) is 9.84 Å². The van der Waals surface area contributed by atoms with Crippen molar-refractivity contribution in [3.05, 3.63) is 23.8 Å². The highest BCUT2D eigenvalue weighted by Gasteiger charge is 2.12. The van der Waals surface area contributed by atoms with Crippen LogP contribution in [0.2, 0.25) is 0 Å². The Hall–Kier alpha value is -2.00. The normalized spacial score (nSPS) is 10.6. The number of nitrogens with one attached hydrogen (secondary N) is 1. The molecule has 0 unspecified atom stereocenters. The molecule has 0 bridgehead atoms. The smallest absolute Gasteiger partial charge is 0.252 e. The maximum atomic E-state index is 11.6. The predicted molar refractivity (Wildman–Crippen MR) is 65.1 cm³/mol. The van der Waals surface area contributed by atoms with Crippen LogP contribution in [0.5, 0.6) is 0 Å². The molecule has 5 nitrogen and oxygen atoms in total. The minimum Gasteiger partial charge on any atom is -0.399 e. The third kappa shape index (κ3) is 3.50. The van der Waals surface area contributed by atoms with E-state index in [2.05, 4.69) is 11.2 Å². The summed E-state index contributed by atoms with van der Waals surface area (Å²) in [6, 6.07) is 3.95. The summed E-state index contributed by atoms with van der Waals surface area (Å²) in [5, 5.41) is 2.43. The molecule has 0 radical (unpaired) electrons. The lowest BCUT2D eigenvalue weighted by Crippen LogP contribution is -2.23. The van der Waals surface area contributed by atoms with Crippen molar-refractivity contribution in [2.45, 2.75) is 4.90 Å². The van der Waals surface area contributed by atoms with E-state index in [9.17, 15) is 13.2 Å². The molecule has 1 amide bonds. The Morgan fingerprint density at radius 3 is 2.65 bits per heavy atom. The molecule has 0 saturated heterocycles. The summed E-state index contributed by atoms with van der Waals surface area (Å²) in [7, 11) is -3.40. The van der Waals surface area contributed by atoms with E-state index >= 15 is 0 Å². The number of carbonyl (C=O) groups is 1. The van der Waals surface area contributed by atoms with E-state index in [0.717, 1.165) is 6.26 Å². The quantitative estimate of drug-likeness (QED) is 0.587. The van der Waals surface area contributed by atoms with Crippen LogP contribution in [0, 0.1) is 12.3 Å². The summed E-state index contributed by atoms with van der Waals surface area (Å²) < 4.78 is 22.7. The van der Waals surface area contributed by atoms with Crippen molar-refractivity contribution < 1.29 is 13.2 Å². The monoisotopic (exact) mass is 252 g/mol. The largest absolute Gasteiger partial charge is 0.399 e. The molecular formula is C11H12N2O3S. The summed E-state index contributed by atoms with van der Waals surface area (Å²) in [6.07, 6.45) is 6.05. The SMILES string of the molecule is C#CCNC(=O)c1cc(N)cc(S(C)(=O)=O)c1. The van der Waals surface area contributed by atoms with Crippen LogP contribution < -0.4 is 11.1 Å². The van der Waals surface area contributed by atoms with Gasteiger partial charge in [-0.2, -0.15) is 0 Å². The molecule has 3 N–H and O–H groups in total. The summed E-state index contributed by atoms with van der Waals surface area (Å²) in [4.78, 5) is 11.6. The number of nitrogens with two attached hydrogens (primary N) is 1. The molecule has 6 heteroatoms. The molecule has 0 heterocycles. The molecule has 0 aliphatic carbocycles. The minimum atomic E-state index is -3.40. The Balaban J connectivity index is 3.15. The van der Waals surface area contributed by atoms with Crippen molar-refractivity contribution in [1.82, 2.24) is 5.32 Å². The lowest BCUT2D eigenvalue weighted by molar-refractivity contribution is 0.0958. The summed E-state index contributed by atoms with van der Waals surface area (Å²) in [6.45, 7) is 0.0713. The van der Waals surface area contributed by atoms with Crippen molar-refractivity contribution in [2.75, 3.05) is 18.5 Å². The highest BCUT2D eigenvalue weighted by molar-refractivity contribution is 7.90. The Labute approximate surface area is 99.9 Å². The van der Waals surface area contributed by atoms with Crippen LogP contribution in [0.4, 0.5) is 5.69 Å². The number of nitrogen functional groups attached to an aromatic ring is 1. The number of carbonyl (C=O) groups excluding carboxylic acids is 1. The van der Waals surface area contributed by atoms with Gasteiger partial charge in [0.25, 0.3) is 5.91 Å². The average Bonchev–Trinajstić information content (AvgIpc) is 2.23. The number of rotatable bonds is 3. The molecule has 90 valence electrons. The van der Waals surface area contributed by atoms with Gasteiger partial charge in [0.15, 0.2) is 9.84 Å². The molecule has 0 spiro atoms. The van der Waals surface area contributed by atoms with Gasteiger partial charge in [-0.3, -0.25) is 4.79 Å². The highest BCUT2D eigenvalue weighted by atomic mass is 32.2. The second-order valence-corrected chi connectivity index (χ2v) is 5.47. The zero-order valence-corrected chi connectivity index (χ0v) is 10.0. The minimum absolute atomic E-state index is 0.00311. The summed E-state index contributed by atoms with van der Waals surface area (Å²) in [5.41, 5.74) is 5.91. The fourth-order valence-corrected chi connectivity index (χ4v) is 1.89. The summed E-state index contributed by atoms with van der Waals surface area (Å²) in [5.74, 6) is 1.79. The van der Waals surface area contributed by atoms with Gasteiger partial charge in [0, 0.05) is 17.5 Å². The van der Waals surface area contributed by atoms with E-state index in [1.807, 2.05) is 0 Å². The number of benzene rings is 1. The van der Waals surface area contributed by atoms with E-state index < -0.39 is 15.7 Å². The first-order chi connectivity index (χ1) is 7.84. The van der Waals surface area contributed by atoms with Crippen LogP contribution in [0.1, 0.15) is 10.4 Å². The predicted octanol–water partition coefficient (Wildman–Crippen LogP) is 0.0353. The third-order valence-electron chi connectivity index (χ3n) is 1.97. The number of sulfone groups is 1. The lowest BCUT2D eigenvalue weighted by atomic mass is 10.2. The van der Waals surface area contributed by atoms with Crippen molar-refractivity contribution in [3.8, 4) is 12.3 Å². The number of anilines is 1. The maximum absolute atomic E-state index is 11.6. The molecule has 1 rings (SSSR count). The van der Waals surface area contributed by atoms with E-state index in [4.69, 9.17) is 12.2 Å². The fraction of sp³-hybridized carbons (Fsp3) is 0.182. The number of hydrogen-bond acceptors (Lipinski definition) is 4. The van der Waals surface area contributed by atoms with E-state index in [0.29, 0.717) is 0 Å². The van der Waals surface area contributed by atoms with Crippen LogP contribution in [0.25, 0.3) is 0 Å². The van der Waals surface area contributed by atoms with E-state index in [-0.39, 0.29) is 22.7 Å². The number of amides is 1. The van der Waals surface area contributed by atoms with Crippen LogP contribution in [0.3, 0.4) is 0 Å². The van der Waals surface area contributed by atoms with Gasteiger partial charge in [-0.15, -0.1) is 6.42 Å². The van der Waals surface area contributed by atoms with Crippen molar-refractivity contribution in [2.24, 2.45) is 0 Å². The number of hydrogen-bond donors (Lipinski definition) is 2. The van der Waals surface area contributed by atoms with Gasteiger partial charge < -0.3 is 11.1 Å². The number of terminal acetylenes is 1. The molecule has 0 aliphatic heterocycles. The Morgan fingerprint density at radius 1 is 1.47 bits per heavy atom. The third-order valence-corrected chi connectivity index (χ3v) is 3.06. The van der Waals surface area contributed by atoms with E-state index in [1.165, 1.54) is 18.2 Å². The van der Waals surface area contributed by atoms with Gasteiger partial charge >= 0.3 is 0 Å². The van der Waals surface area contributed by atoms with Gasteiger partial charge in [-0.25, -0.2) is 8.42 Å². The first kappa shape index (κ1) is 13.1. The molecule has 0 saturated carbocycles. The van der Waals surface area contributed by atoms with Crippen molar-refractivity contribution in [3.63, 3.8) is 0 Å².